The number of carbonyl (C=O) groups excluding carboxylic acids is 1. The van der Waals surface area contributed by atoms with E-state index in [1.54, 1.807) is 14.2 Å². The molecule has 1 aromatic rings. The van der Waals surface area contributed by atoms with Crippen LogP contribution in [0.25, 0.3) is 0 Å². The van der Waals surface area contributed by atoms with Gasteiger partial charge in [0.2, 0.25) is 6.41 Å². The molecule has 0 aliphatic heterocycles. The van der Waals surface area contributed by atoms with Crippen LogP contribution in [0.3, 0.4) is 0 Å². The van der Waals surface area contributed by atoms with E-state index in [0.29, 0.717) is 23.5 Å². The van der Waals surface area contributed by atoms with Crippen molar-refractivity contribution in [3.8, 4) is 0 Å². The van der Waals surface area contributed by atoms with Crippen LogP contribution in [0.1, 0.15) is 56.9 Å². The Morgan fingerprint density at radius 2 is 1.93 bits per heavy atom. The highest BCUT2D eigenvalue weighted by Crippen LogP contribution is 2.52. The number of hydrogen-bond acceptors (Lipinski definition) is 6. The average Bonchev–Trinajstić information content (AvgIpc) is 3.42. The number of methoxy groups -OCH3 is 1. The summed E-state index contributed by atoms with van der Waals surface area (Å²) in [7, 11) is 1.10. The summed E-state index contributed by atoms with van der Waals surface area (Å²) in [5.74, 6) is 0.602. The molecule has 7 nitrogen and oxygen atoms in total. The van der Waals surface area contributed by atoms with E-state index >= 15 is 0 Å². The van der Waals surface area contributed by atoms with Gasteiger partial charge in [0.05, 0.1) is 12.1 Å². The van der Waals surface area contributed by atoms with Crippen molar-refractivity contribution in [2.24, 2.45) is 10.3 Å². The van der Waals surface area contributed by atoms with Gasteiger partial charge in [0.1, 0.15) is 0 Å². The minimum Gasteiger partial charge on any atom is -0.381 e. The van der Waals surface area contributed by atoms with Crippen molar-refractivity contribution in [3.05, 3.63) is 35.9 Å². The molecule has 0 heterocycles. The Bertz CT molecular complexity index is 764. The maximum atomic E-state index is 10.9. The molecule has 1 aromatic carbocycles. The van der Waals surface area contributed by atoms with Crippen LogP contribution < -0.4 is 10.6 Å². The first-order valence-electron chi connectivity index (χ1n) is 10.3. The minimum atomic E-state index is -2.32. The summed E-state index contributed by atoms with van der Waals surface area (Å²) in [6.07, 6.45) is 7.47. The second-order valence-corrected chi connectivity index (χ2v) is 8.24. The van der Waals surface area contributed by atoms with Gasteiger partial charge in [-0.1, -0.05) is 56.5 Å². The van der Waals surface area contributed by atoms with Gasteiger partial charge in [-0.15, -0.1) is 0 Å². The van der Waals surface area contributed by atoms with Gasteiger partial charge < -0.3 is 15.4 Å². The first-order chi connectivity index (χ1) is 14.5. The molecule has 4 unspecified atom stereocenters. The lowest BCUT2D eigenvalue weighted by Crippen LogP contribution is -2.30. The van der Waals surface area contributed by atoms with Crippen LogP contribution in [0.15, 0.2) is 34.7 Å². The Balaban J connectivity index is 0.000000553. The summed E-state index contributed by atoms with van der Waals surface area (Å²) < 4.78 is 31.3. The van der Waals surface area contributed by atoms with Crippen LogP contribution in [-0.2, 0) is 20.0 Å². The van der Waals surface area contributed by atoms with Crippen molar-refractivity contribution in [2.45, 2.75) is 63.5 Å². The normalized spacial score (nSPS) is 20.2. The standard InChI is InChI=1S/C18H27NO3S.C3H6N2OS/c1-3-4-11-15(22-2)12-8-13-16-17(18(16)19-23(20)21)14-9-6-5-7-10-14;1-4-3(7)5-2-6/h5-7,9-10,15-18H,3-4,8,11-13H2,1-2H3;2H,1H3,(H2,4,5,6,7). The maximum Gasteiger partial charge on any atom is 0.311 e. The highest BCUT2D eigenvalue weighted by atomic mass is 32.2. The van der Waals surface area contributed by atoms with Crippen LogP contribution in [0, 0.1) is 5.92 Å². The average molecular weight is 456 g/mol. The highest BCUT2D eigenvalue weighted by molar-refractivity contribution is 7.80. The topological polar surface area (TPSA) is 96.9 Å². The Hall–Kier alpha value is -1.84. The van der Waals surface area contributed by atoms with Crippen LogP contribution in [-0.4, -0.2) is 46.2 Å². The molecule has 2 N–H and O–H groups in total. The van der Waals surface area contributed by atoms with E-state index in [1.807, 2.05) is 18.2 Å². The summed E-state index contributed by atoms with van der Waals surface area (Å²) in [5.41, 5.74) is 1.20. The number of hydrogen-bond donors (Lipinski definition) is 2. The van der Waals surface area contributed by atoms with Crippen molar-refractivity contribution in [1.29, 1.82) is 0 Å². The fraction of sp³-hybridized carbons (Fsp3) is 0.619. The molecular formula is C21H33N3O4S2. The molecule has 168 valence electrons. The monoisotopic (exact) mass is 455 g/mol. The van der Waals surface area contributed by atoms with Gasteiger partial charge in [-0.05, 0) is 43.0 Å². The molecule has 1 amide bonds. The molecule has 0 saturated heterocycles. The van der Waals surface area contributed by atoms with Crippen molar-refractivity contribution >= 4 is 34.2 Å². The number of rotatable bonds is 11. The third kappa shape index (κ3) is 9.77. The molecule has 30 heavy (non-hydrogen) atoms. The summed E-state index contributed by atoms with van der Waals surface area (Å²) in [4.78, 5) is 9.54. The summed E-state index contributed by atoms with van der Waals surface area (Å²) in [5, 5.41) is 5.13. The number of thiocarbonyl (C=S) groups is 1. The number of benzene rings is 1. The first-order valence-corrected chi connectivity index (χ1v) is 11.7. The number of nitrogens with zero attached hydrogens (tertiary/aromatic N) is 1. The van der Waals surface area contributed by atoms with Crippen LogP contribution in [0.2, 0.25) is 0 Å². The van der Waals surface area contributed by atoms with E-state index in [9.17, 15) is 13.2 Å². The lowest BCUT2D eigenvalue weighted by molar-refractivity contribution is -0.108. The van der Waals surface area contributed by atoms with Gasteiger partial charge in [0.15, 0.2) is 5.11 Å². The molecule has 9 heteroatoms. The zero-order valence-corrected chi connectivity index (χ0v) is 19.5. The van der Waals surface area contributed by atoms with Gasteiger partial charge in [0.25, 0.3) is 0 Å². The van der Waals surface area contributed by atoms with Crippen LogP contribution >= 0.6 is 12.2 Å². The van der Waals surface area contributed by atoms with Gasteiger partial charge >= 0.3 is 10.5 Å². The fourth-order valence-electron chi connectivity index (χ4n) is 3.59. The van der Waals surface area contributed by atoms with E-state index in [0.717, 1.165) is 25.7 Å². The predicted octanol–water partition coefficient (Wildman–Crippen LogP) is 3.44. The molecular weight excluding hydrogens is 422 g/mol. The molecule has 1 aliphatic rings. The quantitative estimate of drug-likeness (QED) is 0.392. The molecule has 0 aromatic heterocycles. The van der Waals surface area contributed by atoms with E-state index < -0.39 is 10.5 Å². The smallest absolute Gasteiger partial charge is 0.311 e. The predicted molar refractivity (Wildman–Crippen MR) is 123 cm³/mol. The number of unbranched alkanes of at least 4 members (excludes halogenated alkanes) is 1. The molecule has 0 radical (unpaired) electrons. The zero-order valence-electron chi connectivity index (χ0n) is 17.9. The Morgan fingerprint density at radius 3 is 2.43 bits per heavy atom. The van der Waals surface area contributed by atoms with Gasteiger partial charge in [-0.25, -0.2) is 0 Å². The lowest BCUT2D eigenvalue weighted by atomic mass is 10.0. The summed E-state index contributed by atoms with van der Waals surface area (Å²) in [6, 6.07) is 10.0. The molecule has 1 fully saturated rings. The van der Waals surface area contributed by atoms with Gasteiger partial charge in [-0.3, -0.25) is 4.79 Å². The van der Waals surface area contributed by atoms with E-state index in [-0.39, 0.29) is 12.0 Å². The van der Waals surface area contributed by atoms with Crippen LogP contribution in [0.4, 0.5) is 0 Å². The zero-order chi connectivity index (χ0) is 22.4. The fourth-order valence-corrected chi connectivity index (χ4v) is 4.12. The van der Waals surface area contributed by atoms with Gasteiger partial charge in [-0.2, -0.15) is 12.8 Å². The van der Waals surface area contributed by atoms with E-state index in [2.05, 4.69) is 46.3 Å². The van der Waals surface area contributed by atoms with Crippen molar-refractivity contribution in [2.75, 3.05) is 14.2 Å². The Morgan fingerprint density at radius 1 is 1.27 bits per heavy atom. The highest BCUT2D eigenvalue weighted by Gasteiger charge is 2.51. The third-order valence-corrected chi connectivity index (χ3v) is 5.95. The van der Waals surface area contributed by atoms with Crippen LogP contribution in [0.5, 0.6) is 0 Å². The van der Waals surface area contributed by atoms with Crippen molar-refractivity contribution in [3.63, 3.8) is 0 Å². The number of nitrogens with one attached hydrogen (secondary N) is 2. The van der Waals surface area contributed by atoms with Crippen molar-refractivity contribution < 1.29 is 17.9 Å². The first kappa shape index (κ1) is 26.2. The second-order valence-electron chi connectivity index (χ2n) is 7.19. The van der Waals surface area contributed by atoms with E-state index in [4.69, 9.17) is 4.74 Å². The Kier molecular flexibility index (Phi) is 13.1. The largest absolute Gasteiger partial charge is 0.381 e. The molecule has 0 bridgehead atoms. The third-order valence-electron chi connectivity index (χ3n) is 5.21. The van der Waals surface area contributed by atoms with Gasteiger partial charge in [0, 0.05) is 20.1 Å². The molecule has 4 atom stereocenters. The summed E-state index contributed by atoms with van der Waals surface area (Å²) in [6.45, 7) is 2.19. The second kappa shape index (κ2) is 15.0. The molecule has 1 aliphatic carbocycles. The molecule has 1 saturated carbocycles. The lowest BCUT2D eigenvalue weighted by Gasteiger charge is -2.14. The molecule has 0 spiro atoms. The number of amides is 1. The van der Waals surface area contributed by atoms with E-state index in [1.165, 1.54) is 18.4 Å². The number of ether oxygens (including phenoxy) is 1. The minimum absolute atomic E-state index is 0.0765. The number of carbonyl (C=O) groups is 1. The summed E-state index contributed by atoms with van der Waals surface area (Å²) >= 11 is 4.50. The SMILES string of the molecule is CCCCC(CCCC1C(N=S(=O)=O)C1c1ccccc1)OC.CNC(=S)NC=O. The maximum absolute atomic E-state index is 10.9. The molecule has 2 rings (SSSR count). The Labute approximate surface area is 186 Å². The van der Waals surface area contributed by atoms with Crippen molar-refractivity contribution in [1.82, 2.24) is 10.6 Å².